The maximum Gasteiger partial charge on any atom is 0.432 e. The Morgan fingerprint density at radius 2 is 1.34 bits per heavy atom. The second-order valence-corrected chi connectivity index (χ2v) is 10.2. The van der Waals surface area contributed by atoms with Gasteiger partial charge in [-0.15, -0.1) is 0 Å². The van der Waals surface area contributed by atoms with Crippen LogP contribution in [-0.2, 0) is 26.3 Å². The molecule has 0 spiro atoms. The van der Waals surface area contributed by atoms with Gasteiger partial charge in [0.15, 0.2) is 17.5 Å². The van der Waals surface area contributed by atoms with Crippen LogP contribution in [0, 0.1) is 40.3 Å². The number of alkyl halides is 2. The molecule has 3 saturated heterocycles. The van der Waals surface area contributed by atoms with Gasteiger partial charge in [0.25, 0.3) is 0 Å². The fraction of sp³-hybridized carbons (Fsp3) is 0.379. The molecule has 0 aliphatic carbocycles. The van der Waals surface area contributed by atoms with E-state index in [-0.39, 0.29) is 25.4 Å². The zero-order chi connectivity index (χ0) is 29.6. The first-order chi connectivity index (χ1) is 19.4. The Morgan fingerprint density at radius 1 is 0.756 bits per heavy atom. The number of hydrogen-bond donors (Lipinski definition) is 0. The number of unbranched alkanes of at least 4 members (excludes halogenated alkanes) is 2. The zero-order valence-corrected chi connectivity index (χ0v) is 21.6. The minimum Gasteiger partial charge on any atom is -0.429 e. The first-order valence-corrected chi connectivity index (χ1v) is 12.8. The summed E-state index contributed by atoms with van der Waals surface area (Å²) in [5.41, 5.74) is -3.35. The van der Waals surface area contributed by atoms with Gasteiger partial charge in [0.1, 0.15) is 28.8 Å². The van der Waals surface area contributed by atoms with E-state index >= 15 is 0 Å². The summed E-state index contributed by atoms with van der Waals surface area (Å²) in [4.78, 5) is 0. The van der Waals surface area contributed by atoms with Crippen LogP contribution in [0.15, 0.2) is 42.5 Å². The third-order valence-electron chi connectivity index (χ3n) is 7.18. The number of fused-ring (bicyclic) bond motifs is 3. The fourth-order valence-electron chi connectivity index (χ4n) is 4.94. The van der Waals surface area contributed by atoms with Crippen molar-refractivity contribution in [3.05, 3.63) is 88.5 Å². The van der Waals surface area contributed by atoms with Gasteiger partial charge < -0.3 is 18.9 Å². The summed E-state index contributed by atoms with van der Waals surface area (Å²) in [5.74, 6) is -12.4. The van der Waals surface area contributed by atoms with Crippen molar-refractivity contribution in [3.63, 3.8) is 0 Å². The number of hydrogen-bond acceptors (Lipinski definition) is 4. The highest BCUT2D eigenvalue weighted by molar-refractivity contribution is 5.65. The monoisotopic (exact) mass is 588 g/mol. The average Bonchev–Trinajstić information content (AvgIpc) is 2.92. The number of ether oxygens (including phenoxy) is 4. The highest BCUT2D eigenvalue weighted by Crippen LogP contribution is 2.47. The van der Waals surface area contributed by atoms with Crippen LogP contribution in [0.5, 0.6) is 5.75 Å². The molecule has 3 heterocycles. The van der Waals surface area contributed by atoms with Gasteiger partial charge >= 0.3 is 12.1 Å². The maximum absolute atomic E-state index is 15.0. The molecule has 3 aromatic rings. The molecule has 0 aromatic heterocycles. The van der Waals surface area contributed by atoms with E-state index in [4.69, 9.17) is 14.2 Å². The molecular weight excluding hydrogens is 564 g/mol. The summed E-state index contributed by atoms with van der Waals surface area (Å²) >= 11 is 0. The molecule has 41 heavy (non-hydrogen) atoms. The largest absolute Gasteiger partial charge is 0.432 e. The number of benzene rings is 3. The van der Waals surface area contributed by atoms with E-state index in [2.05, 4.69) is 11.7 Å². The van der Waals surface area contributed by atoms with Gasteiger partial charge in [-0.3, -0.25) is 0 Å². The van der Waals surface area contributed by atoms with Gasteiger partial charge in [-0.2, -0.15) is 8.78 Å². The van der Waals surface area contributed by atoms with Crippen molar-refractivity contribution >= 4 is 0 Å². The van der Waals surface area contributed by atoms with Crippen molar-refractivity contribution in [1.29, 1.82) is 0 Å². The Labute approximate surface area is 229 Å². The van der Waals surface area contributed by atoms with E-state index in [1.54, 1.807) is 0 Å². The molecule has 12 heteroatoms. The van der Waals surface area contributed by atoms with Crippen LogP contribution in [0.4, 0.5) is 35.1 Å². The van der Waals surface area contributed by atoms with Gasteiger partial charge in [0, 0.05) is 22.6 Å². The van der Waals surface area contributed by atoms with Crippen LogP contribution in [-0.4, -0.2) is 19.8 Å². The third kappa shape index (κ3) is 5.52. The molecule has 2 bridgehead atoms. The SMILES string of the molecule is CCCCCC12COC(c3cc(F)c(C(F)(F)Oc4ccc(-c5cc(F)c(F)c(F)c5)c(F)c4)c(F)c3)(OC1)OC2. The average molecular weight is 588 g/mol. The molecule has 0 N–H and O–H groups in total. The van der Waals surface area contributed by atoms with Crippen molar-refractivity contribution in [3.8, 4) is 16.9 Å². The Hall–Kier alpha value is -3.22. The van der Waals surface area contributed by atoms with E-state index in [1.165, 1.54) is 0 Å². The predicted octanol–water partition coefficient (Wildman–Crippen LogP) is 8.07. The Kier molecular flexibility index (Phi) is 7.77. The van der Waals surface area contributed by atoms with E-state index < -0.39 is 74.8 Å². The van der Waals surface area contributed by atoms with Crippen molar-refractivity contribution in [2.24, 2.45) is 5.41 Å². The van der Waals surface area contributed by atoms with Crippen molar-refractivity contribution < 1.29 is 54.1 Å². The summed E-state index contributed by atoms with van der Waals surface area (Å²) in [6.45, 7) is 2.64. The standard InChI is InChI=1S/C29H24F8O4/c1-2-3-4-7-27-13-38-29(39-14-27,40-15-27)17-10-21(31)25(22(32)11-17)28(36,37)41-18-5-6-19(20(30)12-18)16-8-23(33)26(35)24(34)9-16/h5-6,8-12H,2-4,7,13-15H2,1H3. The molecule has 3 aliphatic rings. The number of halogens is 8. The lowest BCUT2D eigenvalue weighted by molar-refractivity contribution is -0.480. The molecule has 0 atom stereocenters. The van der Waals surface area contributed by atoms with Crippen LogP contribution in [0.2, 0.25) is 0 Å². The quantitative estimate of drug-likeness (QED) is 0.144. The third-order valence-corrected chi connectivity index (χ3v) is 7.18. The molecule has 6 rings (SSSR count). The van der Waals surface area contributed by atoms with Crippen LogP contribution in [0.25, 0.3) is 11.1 Å². The second kappa shape index (κ2) is 10.9. The van der Waals surface area contributed by atoms with Gasteiger partial charge in [-0.1, -0.05) is 26.2 Å². The number of rotatable bonds is 9. The maximum atomic E-state index is 15.0. The molecule has 0 amide bonds. The molecule has 3 fully saturated rings. The Morgan fingerprint density at radius 3 is 1.88 bits per heavy atom. The van der Waals surface area contributed by atoms with Crippen LogP contribution < -0.4 is 4.74 Å². The van der Waals surface area contributed by atoms with E-state index in [9.17, 15) is 35.1 Å². The van der Waals surface area contributed by atoms with Crippen molar-refractivity contribution in [2.45, 2.75) is 44.7 Å². The Bertz CT molecular complexity index is 1390. The summed E-state index contributed by atoms with van der Waals surface area (Å²) in [5, 5.41) is 0. The lowest BCUT2D eigenvalue weighted by Gasteiger charge is -2.52. The molecular formula is C29H24F8O4. The van der Waals surface area contributed by atoms with Gasteiger partial charge in [0.2, 0.25) is 0 Å². The zero-order valence-electron chi connectivity index (χ0n) is 21.6. The molecule has 220 valence electrons. The summed E-state index contributed by atoms with van der Waals surface area (Å²) < 4.78 is 136. The molecule has 4 nitrogen and oxygen atoms in total. The molecule has 0 radical (unpaired) electrons. The van der Waals surface area contributed by atoms with Gasteiger partial charge in [-0.25, -0.2) is 26.3 Å². The van der Waals surface area contributed by atoms with Crippen molar-refractivity contribution in [1.82, 2.24) is 0 Å². The molecule has 0 saturated carbocycles. The highest BCUT2D eigenvalue weighted by atomic mass is 19.3. The Balaban J connectivity index is 1.35. The first-order valence-electron chi connectivity index (χ1n) is 12.8. The van der Waals surface area contributed by atoms with Gasteiger partial charge in [0.05, 0.1) is 19.8 Å². The molecule has 0 unspecified atom stereocenters. The van der Waals surface area contributed by atoms with Gasteiger partial charge in [-0.05, 0) is 48.4 Å². The molecule has 3 aliphatic heterocycles. The summed E-state index contributed by atoms with van der Waals surface area (Å²) in [6, 6.07) is 4.26. The van der Waals surface area contributed by atoms with E-state index in [0.717, 1.165) is 37.8 Å². The highest BCUT2D eigenvalue weighted by Gasteiger charge is 2.54. The summed E-state index contributed by atoms with van der Waals surface area (Å²) in [6.07, 6.45) is -0.918. The van der Waals surface area contributed by atoms with Crippen LogP contribution in [0.1, 0.15) is 43.7 Å². The lowest BCUT2D eigenvalue weighted by atomic mass is 9.82. The summed E-state index contributed by atoms with van der Waals surface area (Å²) in [7, 11) is 0. The smallest absolute Gasteiger partial charge is 0.429 e. The van der Waals surface area contributed by atoms with E-state index in [0.29, 0.717) is 30.3 Å². The van der Waals surface area contributed by atoms with Crippen LogP contribution >= 0.6 is 0 Å². The fourth-order valence-corrected chi connectivity index (χ4v) is 4.94. The normalized spacial score (nSPS) is 22.3. The molecule has 3 aromatic carbocycles. The van der Waals surface area contributed by atoms with Crippen molar-refractivity contribution in [2.75, 3.05) is 19.8 Å². The first kappa shape index (κ1) is 29.3. The lowest BCUT2D eigenvalue weighted by Crippen LogP contribution is -2.58. The van der Waals surface area contributed by atoms with Crippen LogP contribution in [0.3, 0.4) is 0 Å². The minimum atomic E-state index is -4.62. The second-order valence-electron chi connectivity index (χ2n) is 10.2. The predicted molar refractivity (Wildman–Crippen MR) is 129 cm³/mol. The minimum absolute atomic E-state index is 0.194. The van der Waals surface area contributed by atoms with E-state index in [1.807, 2.05) is 0 Å². The topological polar surface area (TPSA) is 36.9 Å².